The number of hydrogen-bond acceptors (Lipinski definition) is 7. The smallest absolute Gasteiger partial charge is 0.372 e. The van der Waals surface area contributed by atoms with Crippen molar-refractivity contribution in [3.05, 3.63) is 130 Å². The summed E-state index contributed by atoms with van der Waals surface area (Å²) in [6.45, 7) is 2.56. The normalized spacial score (nSPS) is 12.4. The van der Waals surface area contributed by atoms with Gasteiger partial charge in [-0.05, 0) is 49.2 Å². The Labute approximate surface area is 306 Å². The molecule has 0 radical (unpaired) electrons. The molecule has 5 aromatic rings. The van der Waals surface area contributed by atoms with Gasteiger partial charge in [-0.2, -0.15) is 17.9 Å². The molecule has 0 bridgehead atoms. The summed E-state index contributed by atoms with van der Waals surface area (Å²) in [4.78, 5) is 38.4. The number of aromatic nitrogens is 3. The van der Waals surface area contributed by atoms with Crippen LogP contribution in [0.1, 0.15) is 54.0 Å². The van der Waals surface area contributed by atoms with E-state index in [-0.39, 0.29) is 29.1 Å². The molecule has 0 saturated carbocycles. The lowest BCUT2D eigenvalue weighted by atomic mass is 10.0. The Kier molecular flexibility index (Phi) is 11.8. The number of alkyl halides is 3. The van der Waals surface area contributed by atoms with Crippen LogP contribution in [0.5, 0.6) is 0 Å². The Morgan fingerprint density at radius 3 is 2.30 bits per heavy atom. The fraction of sp³-hybridized carbons (Fsp3) is 0.243. The van der Waals surface area contributed by atoms with Crippen LogP contribution in [0.2, 0.25) is 0 Å². The Morgan fingerprint density at radius 2 is 1.65 bits per heavy atom. The van der Waals surface area contributed by atoms with Crippen LogP contribution in [-0.2, 0) is 38.7 Å². The van der Waals surface area contributed by atoms with Gasteiger partial charge in [0.15, 0.2) is 0 Å². The standard InChI is InChI=1S/C37H34F5N5O6S/c1-4-5-15-31-44-47(30-20-25(43-34(48)22(2)53-3)17-19-28(30)37(40,41)42)36(50)46(31)21-24-16-18-26(23-11-7-6-8-12-23)33(32(24)39)54(51,52)45-35(49)27-13-9-10-14-29(27)38/h6-14,16-20,22H,4-5,15,21H2,1-3H3,(H,43,48)(H,45,49). The van der Waals surface area contributed by atoms with Crippen LogP contribution < -0.4 is 15.7 Å². The summed E-state index contributed by atoms with van der Waals surface area (Å²) in [6.07, 6.45) is -4.86. The molecule has 2 amide bonds. The van der Waals surface area contributed by atoms with Gasteiger partial charge in [0.1, 0.15) is 28.5 Å². The van der Waals surface area contributed by atoms with Crippen molar-refractivity contribution in [2.75, 3.05) is 12.4 Å². The summed E-state index contributed by atoms with van der Waals surface area (Å²) in [6, 6.07) is 17.4. The minimum atomic E-state index is -5.08. The second-order valence-electron chi connectivity index (χ2n) is 12.1. The molecule has 17 heteroatoms. The van der Waals surface area contributed by atoms with Crippen molar-refractivity contribution >= 4 is 27.5 Å². The highest BCUT2D eigenvalue weighted by atomic mass is 32.2. The predicted octanol–water partition coefficient (Wildman–Crippen LogP) is 6.48. The number of sulfonamides is 1. The maximum Gasteiger partial charge on any atom is 0.418 e. The number of benzene rings is 4. The van der Waals surface area contributed by atoms with Crippen LogP contribution in [0.4, 0.5) is 27.6 Å². The lowest BCUT2D eigenvalue weighted by Gasteiger charge is -2.16. The van der Waals surface area contributed by atoms with Gasteiger partial charge in [0, 0.05) is 30.3 Å². The summed E-state index contributed by atoms with van der Waals surface area (Å²) >= 11 is 0. The number of carbonyl (C=O) groups is 2. The van der Waals surface area contributed by atoms with E-state index in [1.807, 2.05) is 6.92 Å². The molecule has 1 unspecified atom stereocenters. The molecule has 1 atom stereocenters. The molecular formula is C37H34F5N5O6S. The number of nitrogens with zero attached hydrogens (tertiary/aromatic N) is 3. The second kappa shape index (κ2) is 16.1. The van der Waals surface area contributed by atoms with E-state index in [1.165, 1.54) is 50.4 Å². The number of nitrogens with one attached hydrogen (secondary N) is 2. The van der Waals surface area contributed by atoms with Gasteiger partial charge in [0.2, 0.25) is 0 Å². The highest BCUT2D eigenvalue weighted by Crippen LogP contribution is 2.36. The number of methoxy groups -OCH3 is 1. The fourth-order valence-corrected chi connectivity index (χ4v) is 6.82. The third-order valence-electron chi connectivity index (χ3n) is 8.42. The number of rotatable bonds is 13. The highest BCUT2D eigenvalue weighted by Gasteiger charge is 2.36. The largest absolute Gasteiger partial charge is 0.418 e. The summed E-state index contributed by atoms with van der Waals surface area (Å²) in [5.41, 5.74) is -4.15. The van der Waals surface area contributed by atoms with Crippen LogP contribution in [0, 0.1) is 11.6 Å². The van der Waals surface area contributed by atoms with Crippen LogP contribution in [0.25, 0.3) is 16.8 Å². The number of unbranched alkanes of at least 4 members (excludes halogenated alkanes) is 1. The number of carbonyl (C=O) groups excluding carboxylic acids is 2. The highest BCUT2D eigenvalue weighted by molar-refractivity contribution is 7.90. The molecule has 284 valence electrons. The van der Waals surface area contributed by atoms with Gasteiger partial charge in [-0.3, -0.25) is 14.2 Å². The van der Waals surface area contributed by atoms with Crippen molar-refractivity contribution in [1.82, 2.24) is 19.1 Å². The van der Waals surface area contributed by atoms with Crippen molar-refractivity contribution in [3.8, 4) is 16.8 Å². The topological polar surface area (TPSA) is 141 Å². The molecular weight excluding hydrogens is 737 g/mol. The van der Waals surface area contributed by atoms with Crippen molar-refractivity contribution in [3.63, 3.8) is 0 Å². The summed E-state index contributed by atoms with van der Waals surface area (Å²) in [7, 11) is -3.82. The van der Waals surface area contributed by atoms with Crippen molar-refractivity contribution in [2.24, 2.45) is 0 Å². The first kappa shape index (κ1) is 39.5. The Hall–Kier alpha value is -5.68. The van der Waals surface area contributed by atoms with Crippen LogP contribution in [-0.4, -0.2) is 47.8 Å². The third-order valence-corrected chi connectivity index (χ3v) is 9.81. The van der Waals surface area contributed by atoms with Crippen LogP contribution >= 0.6 is 0 Å². The molecule has 0 aliphatic carbocycles. The Balaban J connectivity index is 1.66. The molecule has 0 spiro atoms. The zero-order valence-corrected chi connectivity index (χ0v) is 29.9. The summed E-state index contributed by atoms with van der Waals surface area (Å²) in [5, 5.41) is 6.63. The number of halogens is 5. The van der Waals surface area contributed by atoms with E-state index in [9.17, 15) is 40.4 Å². The van der Waals surface area contributed by atoms with E-state index >= 15 is 4.39 Å². The van der Waals surface area contributed by atoms with Gasteiger partial charge >= 0.3 is 11.9 Å². The molecule has 0 aliphatic heterocycles. The molecule has 0 saturated heterocycles. The minimum Gasteiger partial charge on any atom is -0.372 e. The fourth-order valence-electron chi connectivity index (χ4n) is 5.52. The zero-order chi connectivity index (χ0) is 39.4. The van der Waals surface area contributed by atoms with E-state index in [1.54, 1.807) is 22.9 Å². The van der Waals surface area contributed by atoms with Gasteiger partial charge in [-0.25, -0.2) is 26.7 Å². The first-order valence-electron chi connectivity index (χ1n) is 16.5. The van der Waals surface area contributed by atoms with E-state index in [2.05, 4.69) is 10.4 Å². The number of hydrogen-bond donors (Lipinski definition) is 2. The van der Waals surface area contributed by atoms with E-state index in [4.69, 9.17) is 4.74 Å². The van der Waals surface area contributed by atoms with Crippen molar-refractivity contribution < 1.29 is 44.7 Å². The van der Waals surface area contributed by atoms with E-state index in [0.717, 1.165) is 28.8 Å². The maximum atomic E-state index is 16.7. The van der Waals surface area contributed by atoms with E-state index < -0.39 is 85.3 Å². The van der Waals surface area contributed by atoms with Crippen LogP contribution in [0.3, 0.4) is 0 Å². The average Bonchev–Trinajstić information content (AvgIpc) is 3.44. The summed E-state index contributed by atoms with van der Waals surface area (Å²) < 4.78 is 110. The molecule has 54 heavy (non-hydrogen) atoms. The monoisotopic (exact) mass is 771 g/mol. The van der Waals surface area contributed by atoms with Crippen LogP contribution in [0.15, 0.2) is 94.6 Å². The first-order chi connectivity index (χ1) is 25.6. The quantitative estimate of drug-likeness (QED) is 0.131. The van der Waals surface area contributed by atoms with Gasteiger partial charge < -0.3 is 10.1 Å². The zero-order valence-electron chi connectivity index (χ0n) is 29.1. The van der Waals surface area contributed by atoms with Gasteiger partial charge in [0.05, 0.1) is 23.4 Å². The van der Waals surface area contributed by atoms with Gasteiger partial charge in [0.25, 0.3) is 21.8 Å². The lowest BCUT2D eigenvalue weighted by molar-refractivity contribution is -0.137. The minimum absolute atomic E-state index is 0.0405. The number of ether oxygens (including phenoxy) is 1. The first-order valence-corrected chi connectivity index (χ1v) is 18.0. The van der Waals surface area contributed by atoms with Crippen molar-refractivity contribution in [2.45, 2.75) is 56.8 Å². The molecule has 0 aliphatic rings. The molecule has 0 fully saturated rings. The molecule has 1 aromatic heterocycles. The van der Waals surface area contributed by atoms with Gasteiger partial charge in [-0.15, -0.1) is 5.10 Å². The maximum absolute atomic E-state index is 16.7. The average molecular weight is 772 g/mol. The molecule has 5 rings (SSSR count). The second-order valence-corrected chi connectivity index (χ2v) is 13.7. The molecule has 1 heterocycles. The molecule has 2 N–H and O–H groups in total. The third kappa shape index (κ3) is 8.42. The molecule has 11 nitrogen and oxygen atoms in total. The lowest BCUT2D eigenvalue weighted by Crippen LogP contribution is -2.32. The Bertz CT molecular complexity index is 2360. The van der Waals surface area contributed by atoms with Gasteiger partial charge in [-0.1, -0.05) is 67.9 Å². The van der Waals surface area contributed by atoms with E-state index in [0.29, 0.717) is 23.6 Å². The Morgan fingerprint density at radius 1 is 0.963 bits per heavy atom. The number of aryl methyl sites for hydroxylation is 1. The molecule has 4 aromatic carbocycles. The summed E-state index contributed by atoms with van der Waals surface area (Å²) in [5.74, 6) is -4.48. The van der Waals surface area contributed by atoms with Crippen molar-refractivity contribution in [1.29, 1.82) is 0 Å². The SMILES string of the molecule is CCCCc1nn(-c2cc(NC(=O)C(C)OC)ccc2C(F)(F)F)c(=O)n1Cc1ccc(-c2ccccc2)c(S(=O)(=O)NC(=O)c2ccccc2F)c1F. The number of amides is 2. The predicted molar refractivity (Wildman–Crippen MR) is 189 cm³/mol. The number of anilines is 1.